The Balaban J connectivity index is 2.63. The molecule has 0 aliphatic rings. The summed E-state index contributed by atoms with van der Waals surface area (Å²) in [5, 5.41) is 9.91. The van der Waals surface area contributed by atoms with E-state index < -0.39 is 0 Å². The van der Waals surface area contributed by atoms with Crippen molar-refractivity contribution in [3.05, 3.63) is 47.5 Å². The molecule has 82 valence electrons. The van der Waals surface area contributed by atoms with Crippen LogP contribution >= 0.6 is 0 Å². The van der Waals surface area contributed by atoms with Gasteiger partial charge in [-0.05, 0) is 25.5 Å². The maximum absolute atomic E-state index is 9.91. The van der Waals surface area contributed by atoms with Gasteiger partial charge in [-0.3, -0.25) is 0 Å². The number of nitrogens with two attached hydrogens (primary N) is 1. The van der Waals surface area contributed by atoms with Crippen LogP contribution in [0.2, 0.25) is 0 Å². The van der Waals surface area contributed by atoms with E-state index in [0.717, 1.165) is 11.1 Å². The molecule has 2 aromatic rings. The van der Waals surface area contributed by atoms with Crippen molar-refractivity contribution in [3.8, 4) is 16.9 Å². The number of aromatic hydroxyl groups is 1. The van der Waals surface area contributed by atoms with E-state index in [9.17, 15) is 5.11 Å². The van der Waals surface area contributed by atoms with Crippen LogP contribution in [-0.2, 0) is 0 Å². The maximum Gasteiger partial charge on any atom is 0.146 e. The molecule has 2 aromatic carbocycles. The molecule has 0 spiro atoms. The first-order valence-electron chi connectivity index (χ1n) is 5.24. The molecule has 0 saturated carbocycles. The molecular formula is C14H15NO. The highest BCUT2D eigenvalue weighted by atomic mass is 16.3. The molecule has 0 atom stereocenters. The molecule has 0 aliphatic heterocycles. The summed E-state index contributed by atoms with van der Waals surface area (Å²) >= 11 is 0. The largest absolute Gasteiger partial charge is 0.505 e. The first kappa shape index (κ1) is 10.6. The molecule has 0 unspecified atom stereocenters. The normalized spacial score (nSPS) is 10.4. The zero-order valence-electron chi connectivity index (χ0n) is 9.49. The minimum Gasteiger partial charge on any atom is -0.505 e. The number of anilines is 1. The quantitative estimate of drug-likeness (QED) is 0.564. The van der Waals surface area contributed by atoms with E-state index in [1.165, 1.54) is 11.1 Å². The summed E-state index contributed by atoms with van der Waals surface area (Å²) in [5.41, 5.74) is 10.2. The zero-order valence-corrected chi connectivity index (χ0v) is 9.49. The lowest BCUT2D eigenvalue weighted by Crippen LogP contribution is -1.88. The summed E-state index contributed by atoms with van der Waals surface area (Å²) in [7, 11) is 0. The molecule has 0 aliphatic carbocycles. The predicted octanol–water partition coefficient (Wildman–Crippen LogP) is 3.26. The Morgan fingerprint density at radius 1 is 1.00 bits per heavy atom. The van der Waals surface area contributed by atoms with Gasteiger partial charge >= 0.3 is 0 Å². The molecule has 0 fully saturated rings. The number of nitrogen functional groups attached to an aromatic ring is 1. The Morgan fingerprint density at radius 3 is 2.25 bits per heavy atom. The molecule has 0 amide bonds. The summed E-state index contributed by atoms with van der Waals surface area (Å²) in [6, 6.07) is 11.6. The van der Waals surface area contributed by atoms with Crippen LogP contribution in [0.3, 0.4) is 0 Å². The van der Waals surface area contributed by atoms with Crippen molar-refractivity contribution in [1.82, 2.24) is 0 Å². The van der Waals surface area contributed by atoms with Gasteiger partial charge in [-0.25, -0.2) is 0 Å². The third-order valence-corrected chi connectivity index (χ3v) is 2.60. The second-order valence-electron chi connectivity index (χ2n) is 4.12. The van der Waals surface area contributed by atoms with Gasteiger partial charge in [0.05, 0.1) is 5.69 Å². The van der Waals surface area contributed by atoms with E-state index in [2.05, 4.69) is 6.07 Å². The lowest BCUT2D eigenvalue weighted by atomic mass is 9.99. The van der Waals surface area contributed by atoms with Gasteiger partial charge in [0.15, 0.2) is 0 Å². The Morgan fingerprint density at radius 2 is 1.62 bits per heavy atom. The van der Waals surface area contributed by atoms with Crippen molar-refractivity contribution in [1.29, 1.82) is 0 Å². The number of rotatable bonds is 1. The van der Waals surface area contributed by atoms with Gasteiger partial charge < -0.3 is 10.8 Å². The Labute approximate surface area is 95.4 Å². The number of benzene rings is 2. The van der Waals surface area contributed by atoms with Crippen molar-refractivity contribution in [3.63, 3.8) is 0 Å². The van der Waals surface area contributed by atoms with E-state index in [1.54, 1.807) is 6.07 Å². The minimum absolute atomic E-state index is 0.160. The van der Waals surface area contributed by atoms with Crippen LogP contribution in [0.1, 0.15) is 11.1 Å². The van der Waals surface area contributed by atoms with Crippen LogP contribution in [0.15, 0.2) is 36.4 Å². The topological polar surface area (TPSA) is 46.2 Å². The average molecular weight is 213 g/mol. The van der Waals surface area contributed by atoms with Crippen LogP contribution in [0, 0.1) is 13.8 Å². The van der Waals surface area contributed by atoms with E-state index in [0.29, 0.717) is 5.69 Å². The summed E-state index contributed by atoms with van der Waals surface area (Å²) in [5.74, 6) is 0.160. The Bertz CT molecular complexity index is 512. The van der Waals surface area contributed by atoms with Crippen LogP contribution in [0.5, 0.6) is 5.75 Å². The third-order valence-electron chi connectivity index (χ3n) is 2.60. The standard InChI is InChI=1S/C14H15NO/c1-9-6-10(2)8-11(7-9)12-4-3-5-13(15)14(12)16/h3-8,16H,15H2,1-2H3. The lowest BCUT2D eigenvalue weighted by Gasteiger charge is -2.09. The van der Waals surface area contributed by atoms with E-state index in [1.807, 2.05) is 38.1 Å². The molecule has 0 saturated heterocycles. The minimum atomic E-state index is 0.160. The zero-order chi connectivity index (χ0) is 11.7. The average Bonchev–Trinajstić information content (AvgIpc) is 2.20. The summed E-state index contributed by atoms with van der Waals surface area (Å²) < 4.78 is 0. The summed E-state index contributed by atoms with van der Waals surface area (Å²) in [6.07, 6.45) is 0. The van der Waals surface area contributed by atoms with Crippen molar-refractivity contribution < 1.29 is 5.11 Å². The van der Waals surface area contributed by atoms with Gasteiger partial charge in [0.25, 0.3) is 0 Å². The van der Waals surface area contributed by atoms with Crippen molar-refractivity contribution in [2.75, 3.05) is 5.73 Å². The maximum atomic E-state index is 9.91. The SMILES string of the molecule is Cc1cc(C)cc(-c2cccc(N)c2O)c1. The molecule has 0 heterocycles. The number of hydrogen-bond donors (Lipinski definition) is 2. The predicted molar refractivity (Wildman–Crippen MR) is 67.4 cm³/mol. The lowest BCUT2D eigenvalue weighted by molar-refractivity contribution is 0.480. The number of phenols is 1. The van der Waals surface area contributed by atoms with Crippen LogP contribution in [0.4, 0.5) is 5.69 Å². The van der Waals surface area contributed by atoms with E-state index in [4.69, 9.17) is 5.73 Å². The fraction of sp³-hybridized carbons (Fsp3) is 0.143. The Hall–Kier alpha value is -1.96. The smallest absolute Gasteiger partial charge is 0.146 e. The molecule has 2 nitrogen and oxygen atoms in total. The molecule has 0 aromatic heterocycles. The number of para-hydroxylation sites is 1. The fourth-order valence-electron chi connectivity index (χ4n) is 1.92. The molecule has 0 bridgehead atoms. The third kappa shape index (κ3) is 1.87. The second-order valence-corrected chi connectivity index (χ2v) is 4.12. The van der Waals surface area contributed by atoms with E-state index >= 15 is 0 Å². The molecule has 0 radical (unpaired) electrons. The van der Waals surface area contributed by atoms with Crippen molar-refractivity contribution in [2.24, 2.45) is 0 Å². The van der Waals surface area contributed by atoms with Gasteiger partial charge in [0.1, 0.15) is 5.75 Å². The summed E-state index contributed by atoms with van der Waals surface area (Å²) in [4.78, 5) is 0. The Kier molecular flexibility index (Phi) is 2.57. The monoisotopic (exact) mass is 213 g/mol. The van der Waals surface area contributed by atoms with Crippen molar-refractivity contribution >= 4 is 5.69 Å². The number of phenolic OH excluding ortho intramolecular Hbond substituents is 1. The van der Waals surface area contributed by atoms with Gasteiger partial charge in [0.2, 0.25) is 0 Å². The van der Waals surface area contributed by atoms with Crippen LogP contribution < -0.4 is 5.73 Å². The fourth-order valence-corrected chi connectivity index (χ4v) is 1.92. The van der Waals surface area contributed by atoms with Gasteiger partial charge in [0, 0.05) is 5.56 Å². The molecule has 3 N–H and O–H groups in total. The molecule has 16 heavy (non-hydrogen) atoms. The second kappa shape index (κ2) is 3.89. The number of aryl methyl sites for hydroxylation is 2. The number of hydrogen-bond acceptors (Lipinski definition) is 2. The van der Waals surface area contributed by atoms with E-state index in [-0.39, 0.29) is 5.75 Å². The summed E-state index contributed by atoms with van der Waals surface area (Å²) in [6.45, 7) is 4.08. The van der Waals surface area contributed by atoms with Gasteiger partial charge in [-0.15, -0.1) is 0 Å². The first-order chi connectivity index (χ1) is 7.58. The first-order valence-corrected chi connectivity index (χ1v) is 5.24. The van der Waals surface area contributed by atoms with Gasteiger partial charge in [-0.1, -0.05) is 41.5 Å². The highest BCUT2D eigenvalue weighted by Crippen LogP contribution is 2.34. The highest BCUT2D eigenvalue weighted by molar-refractivity contribution is 5.77. The molecular weight excluding hydrogens is 198 g/mol. The van der Waals surface area contributed by atoms with Crippen molar-refractivity contribution in [2.45, 2.75) is 13.8 Å². The highest BCUT2D eigenvalue weighted by Gasteiger charge is 2.07. The van der Waals surface area contributed by atoms with Crippen LogP contribution in [-0.4, -0.2) is 5.11 Å². The van der Waals surface area contributed by atoms with Gasteiger partial charge in [-0.2, -0.15) is 0 Å². The molecule has 2 heteroatoms. The molecule has 2 rings (SSSR count). The van der Waals surface area contributed by atoms with Crippen LogP contribution in [0.25, 0.3) is 11.1 Å².